The Morgan fingerprint density at radius 3 is 2.61 bits per heavy atom. The second-order valence-corrected chi connectivity index (χ2v) is 8.14. The van der Waals surface area contributed by atoms with Gasteiger partial charge in [0.2, 0.25) is 0 Å². The molecular weight excluding hydrogens is 397 g/mol. The molecule has 0 saturated heterocycles. The predicted molar refractivity (Wildman–Crippen MR) is 122 cm³/mol. The third kappa shape index (κ3) is 4.93. The van der Waals surface area contributed by atoms with Crippen molar-refractivity contribution in [1.29, 1.82) is 0 Å². The summed E-state index contributed by atoms with van der Waals surface area (Å²) in [4.78, 5) is 16.4. The number of nitrogens with zero attached hydrogens (tertiary/aromatic N) is 3. The highest BCUT2D eigenvalue weighted by Crippen LogP contribution is 2.29. The number of hydrogen-bond donors (Lipinski definition) is 4. The number of aromatic nitrogens is 3. The summed E-state index contributed by atoms with van der Waals surface area (Å²) in [5, 5.41) is 11.5. The smallest absolute Gasteiger partial charge is 0.252 e. The minimum absolute atomic E-state index is 0.0203. The second-order valence-electron chi connectivity index (χ2n) is 8.14. The SMILES string of the molecule is CCn1ncc2c(Nc3nc(N[C@H](CC(C)C)[C@H](C)N)c(F)cc3C(N)=O)cccc21. The molecular formula is C22H30FN7O. The summed E-state index contributed by atoms with van der Waals surface area (Å²) >= 11 is 0. The van der Waals surface area contributed by atoms with E-state index in [1.807, 2.05) is 36.7 Å². The van der Waals surface area contributed by atoms with Crippen LogP contribution in [-0.4, -0.2) is 32.8 Å². The van der Waals surface area contributed by atoms with E-state index < -0.39 is 11.7 Å². The molecule has 166 valence electrons. The van der Waals surface area contributed by atoms with Crippen LogP contribution < -0.4 is 22.1 Å². The van der Waals surface area contributed by atoms with Gasteiger partial charge in [0, 0.05) is 24.0 Å². The Hall–Kier alpha value is -3.20. The first-order valence-electron chi connectivity index (χ1n) is 10.4. The zero-order valence-corrected chi connectivity index (χ0v) is 18.3. The zero-order chi connectivity index (χ0) is 22.7. The molecule has 6 N–H and O–H groups in total. The molecule has 1 amide bonds. The lowest BCUT2D eigenvalue weighted by atomic mass is 9.99. The Morgan fingerprint density at radius 1 is 1.26 bits per heavy atom. The van der Waals surface area contributed by atoms with Crippen molar-refractivity contribution >= 4 is 34.1 Å². The van der Waals surface area contributed by atoms with Gasteiger partial charge in [-0.25, -0.2) is 9.37 Å². The third-order valence-electron chi connectivity index (χ3n) is 5.16. The van der Waals surface area contributed by atoms with Crippen molar-refractivity contribution in [2.45, 2.75) is 52.7 Å². The molecule has 31 heavy (non-hydrogen) atoms. The molecule has 1 aromatic carbocycles. The number of nitrogens with two attached hydrogens (primary N) is 2. The van der Waals surface area contributed by atoms with E-state index in [1.165, 1.54) is 0 Å². The number of nitrogens with one attached hydrogen (secondary N) is 2. The summed E-state index contributed by atoms with van der Waals surface area (Å²) in [5.41, 5.74) is 13.2. The average Bonchev–Trinajstić information content (AvgIpc) is 3.13. The fourth-order valence-electron chi connectivity index (χ4n) is 3.55. The Balaban J connectivity index is 2.02. The second kappa shape index (κ2) is 9.30. The topological polar surface area (TPSA) is 124 Å². The molecule has 2 atom stereocenters. The normalized spacial score (nSPS) is 13.4. The number of amides is 1. The maximum absolute atomic E-state index is 14.8. The molecule has 9 heteroatoms. The number of rotatable bonds is 9. The molecule has 0 bridgehead atoms. The summed E-state index contributed by atoms with van der Waals surface area (Å²) in [6.45, 7) is 8.73. The van der Waals surface area contributed by atoms with E-state index >= 15 is 0 Å². The van der Waals surface area contributed by atoms with E-state index in [-0.39, 0.29) is 29.3 Å². The molecule has 2 aromatic heterocycles. The first-order valence-corrected chi connectivity index (χ1v) is 10.4. The molecule has 3 rings (SSSR count). The summed E-state index contributed by atoms with van der Waals surface area (Å²) < 4.78 is 16.6. The van der Waals surface area contributed by atoms with Crippen LogP contribution in [0.1, 0.15) is 44.5 Å². The zero-order valence-electron chi connectivity index (χ0n) is 18.3. The minimum atomic E-state index is -0.775. The standard InChI is InChI=1S/C22H30FN7O/c1-5-30-19-8-6-7-17(15(19)11-26-30)27-21-14(20(25)31)10-16(23)22(29-21)28-18(13(4)24)9-12(2)3/h6-8,10-13,18H,5,9,24H2,1-4H3,(H2,25,31)(H2,27,28,29)/t13-,18+/m0/s1. The largest absolute Gasteiger partial charge is 0.365 e. The molecule has 0 fully saturated rings. The summed E-state index contributed by atoms with van der Waals surface area (Å²) in [7, 11) is 0. The molecule has 0 aliphatic carbocycles. The highest BCUT2D eigenvalue weighted by molar-refractivity contribution is 6.00. The van der Waals surface area contributed by atoms with Gasteiger partial charge in [0.1, 0.15) is 5.82 Å². The number of hydrogen-bond acceptors (Lipinski definition) is 6. The lowest BCUT2D eigenvalue weighted by Crippen LogP contribution is -2.39. The predicted octanol–water partition coefficient (Wildman–Crippen LogP) is 3.61. The van der Waals surface area contributed by atoms with E-state index in [9.17, 15) is 9.18 Å². The molecule has 3 aromatic rings. The van der Waals surface area contributed by atoms with Gasteiger partial charge in [-0.15, -0.1) is 0 Å². The molecule has 8 nitrogen and oxygen atoms in total. The van der Waals surface area contributed by atoms with Crippen LogP contribution in [0, 0.1) is 11.7 Å². The van der Waals surface area contributed by atoms with Gasteiger partial charge >= 0.3 is 0 Å². The summed E-state index contributed by atoms with van der Waals surface area (Å²) in [6.07, 6.45) is 2.48. The van der Waals surface area contributed by atoms with Crippen LogP contribution in [0.2, 0.25) is 0 Å². The number of benzene rings is 1. The van der Waals surface area contributed by atoms with Gasteiger partial charge < -0.3 is 22.1 Å². The van der Waals surface area contributed by atoms with Crippen molar-refractivity contribution in [2.24, 2.45) is 17.4 Å². The van der Waals surface area contributed by atoms with Crippen LogP contribution in [0.5, 0.6) is 0 Å². The van der Waals surface area contributed by atoms with Crippen LogP contribution in [0.25, 0.3) is 10.9 Å². The van der Waals surface area contributed by atoms with Gasteiger partial charge in [-0.2, -0.15) is 5.10 Å². The molecule has 0 radical (unpaired) electrons. The maximum atomic E-state index is 14.8. The molecule has 2 heterocycles. The van der Waals surface area contributed by atoms with Gasteiger partial charge in [0.05, 0.1) is 23.0 Å². The fraction of sp³-hybridized carbons (Fsp3) is 0.409. The molecule has 0 spiro atoms. The van der Waals surface area contributed by atoms with E-state index in [0.717, 1.165) is 29.9 Å². The lowest BCUT2D eigenvalue weighted by Gasteiger charge is -2.25. The molecule has 0 saturated carbocycles. The molecule has 0 unspecified atom stereocenters. The number of carbonyl (C=O) groups excluding carboxylic acids is 1. The monoisotopic (exact) mass is 427 g/mol. The molecule has 0 aliphatic rings. The number of primary amides is 1. The van der Waals surface area contributed by atoms with Crippen LogP contribution in [0.15, 0.2) is 30.5 Å². The van der Waals surface area contributed by atoms with Gasteiger partial charge in [-0.05, 0) is 44.4 Å². The van der Waals surface area contributed by atoms with Crippen LogP contribution in [0.4, 0.5) is 21.7 Å². The number of anilines is 3. The van der Waals surface area contributed by atoms with E-state index in [4.69, 9.17) is 11.5 Å². The van der Waals surface area contributed by atoms with Crippen LogP contribution in [0.3, 0.4) is 0 Å². The van der Waals surface area contributed by atoms with E-state index in [1.54, 1.807) is 6.20 Å². The van der Waals surface area contributed by atoms with Crippen LogP contribution >= 0.6 is 0 Å². The number of carbonyl (C=O) groups is 1. The van der Waals surface area contributed by atoms with Crippen molar-refractivity contribution in [2.75, 3.05) is 10.6 Å². The number of halogens is 1. The van der Waals surface area contributed by atoms with Crippen molar-refractivity contribution in [3.63, 3.8) is 0 Å². The van der Waals surface area contributed by atoms with E-state index in [2.05, 4.69) is 34.6 Å². The van der Waals surface area contributed by atoms with Gasteiger partial charge in [-0.1, -0.05) is 19.9 Å². The van der Waals surface area contributed by atoms with Gasteiger partial charge in [0.15, 0.2) is 11.6 Å². The van der Waals surface area contributed by atoms with Gasteiger partial charge in [-0.3, -0.25) is 9.48 Å². The molecule has 0 aliphatic heterocycles. The Kier molecular flexibility index (Phi) is 6.74. The van der Waals surface area contributed by atoms with Crippen molar-refractivity contribution in [3.8, 4) is 0 Å². The summed E-state index contributed by atoms with van der Waals surface area (Å²) in [5.74, 6) is -0.886. The van der Waals surface area contributed by atoms with E-state index in [0.29, 0.717) is 11.6 Å². The first-order chi connectivity index (χ1) is 14.7. The van der Waals surface area contributed by atoms with Crippen LogP contribution in [-0.2, 0) is 6.54 Å². The van der Waals surface area contributed by atoms with Crippen molar-refractivity contribution in [3.05, 3.63) is 41.8 Å². The Morgan fingerprint density at radius 2 is 2.00 bits per heavy atom. The number of fused-ring (bicyclic) bond motifs is 1. The number of pyridine rings is 1. The third-order valence-corrected chi connectivity index (χ3v) is 5.16. The highest BCUT2D eigenvalue weighted by atomic mass is 19.1. The average molecular weight is 428 g/mol. The first kappa shape index (κ1) is 22.5. The quantitative estimate of drug-likeness (QED) is 0.414. The minimum Gasteiger partial charge on any atom is -0.365 e. The Bertz CT molecular complexity index is 1080. The fourth-order valence-corrected chi connectivity index (χ4v) is 3.55. The van der Waals surface area contributed by atoms with Gasteiger partial charge in [0.25, 0.3) is 5.91 Å². The maximum Gasteiger partial charge on any atom is 0.252 e. The highest BCUT2D eigenvalue weighted by Gasteiger charge is 2.21. The number of aryl methyl sites for hydroxylation is 1. The van der Waals surface area contributed by atoms with Crippen molar-refractivity contribution in [1.82, 2.24) is 14.8 Å². The van der Waals surface area contributed by atoms with Crippen molar-refractivity contribution < 1.29 is 9.18 Å². The summed E-state index contributed by atoms with van der Waals surface area (Å²) in [6, 6.07) is 6.38. The Labute approximate surface area is 181 Å². The lowest BCUT2D eigenvalue weighted by molar-refractivity contribution is 0.100.